The Bertz CT molecular complexity index is 809. The minimum atomic E-state index is -0.635. The molecule has 2 rings (SSSR count). The van der Waals surface area contributed by atoms with Gasteiger partial charge in [-0.1, -0.05) is 29.3 Å². The van der Waals surface area contributed by atoms with Crippen molar-refractivity contribution in [2.24, 2.45) is 5.10 Å². The lowest BCUT2D eigenvalue weighted by molar-refractivity contribution is -0.384. The number of nitro groups is 1. The van der Waals surface area contributed by atoms with Gasteiger partial charge in [-0.15, -0.1) is 0 Å². The number of nitrogens with one attached hydrogen (secondary N) is 1. The third kappa shape index (κ3) is 3.97. The van der Waals surface area contributed by atoms with E-state index < -0.39 is 10.8 Å². The summed E-state index contributed by atoms with van der Waals surface area (Å²) in [6.07, 6.45) is 1.17. The first kappa shape index (κ1) is 16.7. The standard InChI is InChI=1S/C14H9Cl2N3O4/c15-11-5-4-9(13(20)12(11)16)7-17-18-14(21)8-2-1-3-10(6-8)19(22)23/h1-7,20H,(H,18,21). The second-order valence-corrected chi connectivity index (χ2v) is 5.09. The molecule has 0 aliphatic heterocycles. The van der Waals surface area contributed by atoms with Gasteiger partial charge in [0.25, 0.3) is 11.6 Å². The van der Waals surface area contributed by atoms with Gasteiger partial charge in [0.2, 0.25) is 0 Å². The topological polar surface area (TPSA) is 105 Å². The summed E-state index contributed by atoms with van der Waals surface area (Å²) in [5.41, 5.74) is 2.32. The number of phenols is 1. The van der Waals surface area contributed by atoms with Gasteiger partial charge in [0.05, 0.1) is 16.2 Å². The molecule has 0 saturated carbocycles. The first-order valence-electron chi connectivity index (χ1n) is 6.15. The van der Waals surface area contributed by atoms with Gasteiger partial charge in [-0.25, -0.2) is 5.43 Å². The normalized spacial score (nSPS) is 10.7. The molecule has 0 aliphatic carbocycles. The van der Waals surface area contributed by atoms with E-state index in [1.54, 1.807) is 0 Å². The molecule has 0 radical (unpaired) electrons. The number of aromatic hydroxyl groups is 1. The van der Waals surface area contributed by atoms with Gasteiger partial charge in [-0.2, -0.15) is 5.10 Å². The molecule has 9 heteroatoms. The van der Waals surface area contributed by atoms with Crippen LogP contribution in [0.5, 0.6) is 5.75 Å². The Kier molecular flexibility index (Phi) is 5.15. The van der Waals surface area contributed by atoms with E-state index >= 15 is 0 Å². The molecule has 118 valence electrons. The molecule has 0 aliphatic rings. The second kappa shape index (κ2) is 7.08. The van der Waals surface area contributed by atoms with Crippen LogP contribution in [0.3, 0.4) is 0 Å². The number of benzene rings is 2. The maximum absolute atomic E-state index is 11.9. The van der Waals surface area contributed by atoms with Crippen LogP contribution in [0.1, 0.15) is 15.9 Å². The molecule has 2 N–H and O–H groups in total. The Balaban J connectivity index is 2.12. The summed E-state index contributed by atoms with van der Waals surface area (Å²) in [5.74, 6) is -0.906. The van der Waals surface area contributed by atoms with E-state index in [2.05, 4.69) is 10.5 Å². The smallest absolute Gasteiger partial charge is 0.271 e. The largest absolute Gasteiger partial charge is 0.506 e. The molecule has 0 spiro atoms. The van der Waals surface area contributed by atoms with E-state index in [0.717, 1.165) is 6.07 Å². The first-order valence-corrected chi connectivity index (χ1v) is 6.90. The lowest BCUT2D eigenvalue weighted by Crippen LogP contribution is -2.17. The van der Waals surface area contributed by atoms with Gasteiger partial charge < -0.3 is 5.11 Å². The zero-order valence-electron chi connectivity index (χ0n) is 11.4. The average Bonchev–Trinajstić information content (AvgIpc) is 2.54. The number of amides is 1. The van der Waals surface area contributed by atoms with Crippen molar-refractivity contribution in [3.8, 4) is 5.75 Å². The Morgan fingerprint density at radius 1 is 1.30 bits per heavy atom. The predicted octanol–water partition coefficient (Wildman–Crippen LogP) is 3.37. The van der Waals surface area contributed by atoms with E-state index in [1.165, 1.54) is 36.5 Å². The molecule has 0 bridgehead atoms. The van der Waals surface area contributed by atoms with Gasteiger partial charge in [-0.05, 0) is 18.2 Å². The fourth-order valence-corrected chi connectivity index (χ4v) is 1.97. The Morgan fingerprint density at radius 3 is 2.74 bits per heavy atom. The van der Waals surface area contributed by atoms with Crippen molar-refractivity contribution in [3.63, 3.8) is 0 Å². The summed E-state index contributed by atoms with van der Waals surface area (Å²) < 4.78 is 0. The van der Waals surface area contributed by atoms with Crippen molar-refractivity contribution in [2.75, 3.05) is 0 Å². The fraction of sp³-hybridized carbons (Fsp3) is 0. The Morgan fingerprint density at radius 2 is 2.04 bits per heavy atom. The highest BCUT2D eigenvalue weighted by molar-refractivity contribution is 6.43. The molecular formula is C14H9Cl2N3O4. The van der Waals surface area contributed by atoms with Gasteiger partial charge in [-0.3, -0.25) is 14.9 Å². The predicted molar refractivity (Wildman–Crippen MR) is 86.3 cm³/mol. The van der Waals surface area contributed by atoms with Crippen LogP contribution in [0.2, 0.25) is 10.0 Å². The summed E-state index contributed by atoms with van der Waals surface area (Å²) in [6.45, 7) is 0. The van der Waals surface area contributed by atoms with E-state index in [1.807, 2.05) is 0 Å². The zero-order chi connectivity index (χ0) is 17.0. The van der Waals surface area contributed by atoms with Crippen LogP contribution in [0.15, 0.2) is 41.5 Å². The van der Waals surface area contributed by atoms with Crippen molar-refractivity contribution >= 4 is 41.0 Å². The number of phenolic OH excluding ortho intramolecular Hbond substituents is 1. The maximum atomic E-state index is 11.9. The van der Waals surface area contributed by atoms with Crippen LogP contribution in [-0.4, -0.2) is 22.2 Å². The molecular weight excluding hydrogens is 345 g/mol. The number of rotatable bonds is 4. The van der Waals surface area contributed by atoms with Crippen molar-refractivity contribution in [2.45, 2.75) is 0 Å². The quantitative estimate of drug-likeness (QED) is 0.499. The monoisotopic (exact) mass is 353 g/mol. The van der Waals surface area contributed by atoms with Gasteiger partial charge in [0, 0.05) is 23.3 Å². The molecule has 0 fully saturated rings. The molecule has 7 nitrogen and oxygen atoms in total. The molecule has 0 atom stereocenters. The lowest BCUT2D eigenvalue weighted by atomic mass is 10.2. The molecule has 2 aromatic carbocycles. The van der Waals surface area contributed by atoms with Crippen molar-refractivity contribution in [1.29, 1.82) is 0 Å². The van der Waals surface area contributed by atoms with Crippen LogP contribution in [0.4, 0.5) is 5.69 Å². The van der Waals surface area contributed by atoms with Crippen LogP contribution in [-0.2, 0) is 0 Å². The summed E-state index contributed by atoms with van der Waals surface area (Å²) in [6, 6.07) is 8.13. The zero-order valence-corrected chi connectivity index (χ0v) is 12.9. The third-order valence-electron chi connectivity index (χ3n) is 2.79. The van der Waals surface area contributed by atoms with Crippen molar-refractivity contribution in [1.82, 2.24) is 5.43 Å². The minimum absolute atomic E-state index is 0.0272. The van der Waals surface area contributed by atoms with E-state index in [4.69, 9.17) is 23.2 Å². The molecule has 1 amide bonds. The Labute approximate surface area is 140 Å². The summed E-state index contributed by atoms with van der Waals surface area (Å²) in [4.78, 5) is 21.9. The molecule has 0 unspecified atom stereocenters. The highest BCUT2D eigenvalue weighted by Gasteiger charge is 2.11. The Hall–Kier alpha value is -2.64. The number of hydrogen-bond donors (Lipinski definition) is 2. The number of halogens is 2. The van der Waals surface area contributed by atoms with Crippen LogP contribution < -0.4 is 5.43 Å². The van der Waals surface area contributed by atoms with E-state index in [-0.39, 0.29) is 32.6 Å². The third-order valence-corrected chi connectivity index (χ3v) is 3.58. The van der Waals surface area contributed by atoms with Crippen LogP contribution >= 0.6 is 23.2 Å². The van der Waals surface area contributed by atoms with Crippen LogP contribution in [0.25, 0.3) is 0 Å². The summed E-state index contributed by atoms with van der Waals surface area (Å²) in [7, 11) is 0. The maximum Gasteiger partial charge on any atom is 0.271 e. The second-order valence-electron chi connectivity index (χ2n) is 4.31. The number of nitrogens with zero attached hydrogens (tertiary/aromatic N) is 2. The minimum Gasteiger partial charge on any atom is -0.506 e. The average molecular weight is 354 g/mol. The summed E-state index contributed by atoms with van der Waals surface area (Å²) in [5, 5.41) is 24.3. The van der Waals surface area contributed by atoms with Crippen molar-refractivity contribution in [3.05, 3.63) is 67.7 Å². The summed E-state index contributed by atoms with van der Waals surface area (Å²) >= 11 is 11.5. The van der Waals surface area contributed by atoms with Gasteiger partial charge in [0.15, 0.2) is 0 Å². The number of nitro benzene ring substituents is 1. The number of carbonyl (C=O) groups is 1. The number of non-ortho nitro benzene ring substituents is 1. The molecule has 0 saturated heterocycles. The molecule has 23 heavy (non-hydrogen) atoms. The lowest BCUT2D eigenvalue weighted by Gasteiger charge is -2.03. The number of hydrogen-bond acceptors (Lipinski definition) is 5. The van der Waals surface area contributed by atoms with Crippen LogP contribution in [0, 0.1) is 10.1 Å². The SMILES string of the molecule is O=C(NN=Cc1ccc(Cl)c(Cl)c1O)c1cccc([N+](=O)[O-])c1. The van der Waals surface area contributed by atoms with Gasteiger partial charge >= 0.3 is 0 Å². The number of carbonyl (C=O) groups excluding carboxylic acids is 1. The fourth-order valence-electron chi connectivity index (χ4n) is 1.64. The first-order chi connectivity index (χ1) is 10.9. The van der Waals surface area contributed by atoms with Crippen molar-refractivity contribution < 1.29 is 14.8 Å². The highest BCUT2D eigenvalue weighted by Crippen LogP contribution is 2.33. The van der Waals surface area contributed by atoms with E-state index in [9.17, 15) is 20.0 Å². The molecule has 2 aromatic rings. The molecule has 0 heterocycles. The highest BCUT2D eigenvalue weighted by atomic mass is 35.5. The molecule has 0 aromatic heterocycles. The number of hydrazone groups is 1. The van der Waals surface area contributed by atoms with Gasteiger partial charge in [0.1, 0.15) is 10.8 Å². The van der Waals surface area contributed by atoms with E-state index in [0.29, 0.717) is 0 Å².